The van der Waals surface area contributed by atoms with Crippen molar-refractivity contribution in [3.63, 3.8) is 0 Å². The molecule has 0 aromatic heterocycles. The molecule has 0 bridgehead atoms. The molecule has 0 fully saturated rings. The van der Waals surface area contributed by atoms with Gasteiger partial charge in [0, 0.05) is 12.3 Å². The Labute approximate surface area is 220 Å². The zero-order valence-corrected chi connectivity index (χ0v) is 22.4. The first-order valence-corrected chi connectivity index (χ1v) is 14.2. The SMILES string of the molecule is COc1ccc(N(CC(=O)NCCCSCc2ccccc2F)S(=O)(=O)c2ccc(C)cc2)cc1Cl. The summed E-state index contributed by atoms with van der Waals surface area (Å²) in [5, 5.41) is 3.00. The first-order valence-electron chi connectivity index (χ1n) is 11.2. The molecule has 1 amide bonds. The fraction of sp³-hybridized carbons (Fsp3) is 0.269. The smallest absolute Gasteiger partial charge is 0.264 e. The number of amides is 1. The van der Waals surface area contributed by atoms with Crippen LogP contribution in [0.25, 0.3) is 0 Å². The van der Waals surface area contributed by atoms with Gasteiger partial charge in [-0.05, 0) is 61.1 Å². The summed E-state index contributed by atoms with van der Waals surface area (Å²) < 4.78 is 46.8. The van der Waals surface area contributed by atoms with E-state index in [1.165, 1.54) is 31.4 Å². The zero-order chi connectivity index (χ0) is 26.1. The van der Waals surface area contributed by atoms with Crippen molar-refractivity contribution in [3.8, 4) is 5.75 Å². The minimum Gasteiger partial charge on any atom is -0.495 e. The largest absolute Gasteiger partial charge is 0.495 e. The van der Waals surface area contributed by atoms with Gasteiger partial charge in [0.1, 0.15) is 18.1 Å². The molecule has 0 atom stereocenters. The van der Waals surface area contributed by atoms with Crippen molar-refractivity contribution in [2.45, 2.75) is 24.0 Å². The van der Waals surface area contributed by atoms with E-state index < -0.39 is 22.5 Å². The van der Waals surface area contributed by atoms with E-state index in [0.717, 1.165) is 9.87 Å². The number of aryl methyl sites for hydroxylation is 1. The maximum absolute atomic E-state index is 13.7. The lowest BCUT2D eigenvalue weighted by Gasteiger charge is -2.24. The molecule has 0 aliphatic carbocycles. The van der Waals surface area contributed by atoms with E-state index in [9.17, 15) is 17.6 Å². The highest BCUT2D eigenvalue weighted by Gasteiger charge is 2.27. The minimum absolute atomic E-state index is 0.0670. The quantitative estimate of drug-likeness (QED) is 0.304. The lowest BCUT2D eigenvalue weighted by Crippen LogP contribution is -2.41. The molecule has 6 nitrogen and oxygen atoms in total. The Kier molecular flexibility index (Phi) is 10.0. The van der Waals surface area contributed by atoms with E-state index in [0.29, 0.717) is 35.8 Å². The topological polar surface area (TPSA) is 75.7 Å². The predicted octanol–water partition coefficient (Wildman–Crippen LogP) is 5.43. The Bertz CT molecular complexity index is 1290. The van der Waals surface area contributed by atoms with Crippen LogP contribution in [0.2, 0.25) is 5.02 Å². The zero-order valence-electron chi connectivity index (χ0n) is 20.0. The van der Waals surface area contributed by atoms with E-state index >= 15 is 0 Å². The summed E-state index contributed by atoms with van der Waals surface area (Å²) in [6, 6.07) is 17.6. The second-order valence-corrected chi connectivity index (χ2v) is 11.4. The summed E-state index contributed by atoms with van der Waals surface area (Å²) in [6.07, 6.45) is 0.657. The lowest BCUT2D eigenvalue weighted by molar-refractivity contribution is -0.119. The monoisotopic (exact) mass is 550 g/mol. The van der Waals surface area contributed by atoms with Gasteiger partial charge in [0.05, 0.1) is 22.7 Å². The van der Waals surface area contributed by atoms with Gasteiger partial charge in [-0.15, -0.1) is 0 Å². The van der Waals surface area contributed by atoms with Gasteiger partial charge in [-0.2, -0.15) is 11.8 Å². The van der Waals surface area contributed by atoms with Gasteiger partial charge >= 0.3 is 0 Å². The number of halogens is 2. The van der Waals surface area contributed by atoms with E-state index in [2.05, 4.69) is 5.32 Å². The molecule has 0 unspecified atom stereocenters. The van der Waals surface area contributed by atoms with E-state index in [1.54, 1.807) is 54.2 Å². The van der Waals surface area contributed by atoms with Gasteiger partial charge in [-0.3, -0.25) is 9.10 Å². The summed E-state index contributed by atoms with van der Waals surface area (Å²) in [6.45, 7) is 1.81. The predicted molar refractivity (Wildman–Crippen MR) is 144 cm³/mol. The van der Waals surface area contributed by atoms with Crippen LogP contribution in [-0.2, 0) is 20.6 Å². The van der Waals surface area contributed by atoms with Gasteiger partial charge in [0.25, 0.3) is 10.0 Å². The van der Waals surface area contributed by atoms with Crippen molar-refractivity contribution in [2.24, 2.45) is 0 Å². The number of hydrogen-bond donors (Lipinski definition) is 1. The minimum atomic E-state index is -4.04. The van der Waals surface area contributed by atoms with Crippen molar-refractivity contribution in [1.29, 1.82) is 0 Å². The molecule has 0 aliphatic heterocycles. The Morgan fingerprint density at radius 3 is 2.50 bits per heavy atom. The summed E-state index contributed by atoms with van der Waals surface area (Å²) in [5.74, 6) is 0.976. The Morgan fingerprint density at radius 1 is 1.11 bits per heavy atom. The molecule has 0 aliphatic rings. The van der Waals surface area contributed by atoms with Gasteiger partial charge in [-0.1, -0.05) is 47.5 Å². The van der Waals surface area contributed by atoms with Gasteiger partial charge < -0.3 is 10.1 Å². The van der Waals surface area contributed by atoms with Crippen LogP contribution in [0, 0.1) is 12.7 Å². The molecule has 3 rings (SSSR count). The van der Waals surface area contributed by atoms with E-state index in [-0.39, 0.29) is 21.4 Å². The first kappa shape index (κ1) is 27.8. The third kappa shape index (κ3) is 7.38. The molecule has 0 heterocycles. The van der Waals surface area contributed by atoms with Gasteiger partial charge in [0.2, 0.25) is 5.91 Å². The number of sulfonamides is 1. The van der Waals surface area contributed by atoms with Crippen molar-refractivity contribution >= 4 is 45.0 Å². The average molecular weight is 551 g/mol. The lowest BCUT2D eigenvalue weighted by atomic mass is 10.2. The number of anilines is 1. The van der Waals surface area contributed by atoms with Crippen LogP contribution in [0.3, 0.4) is 0 Å². The number of carbonyl (C=O) groups excluding carboxylic acids is 1. The fourth-order valence-electron chi connectivity index (χ4n) is 3.35. The molecule has 0 saturated carbocycles. The van der Waals surface area contributed by atoms with Crippen LogP contribution in [0.1, 0.15) is 17.5 Å². The van der Waals surface area contributed by atoms with Crippen molar-refractivity contribution in [2.75, 3.05) is 30.3 Å². The highest BCUT2D eigenvalue weighted by Crippen LogP contribution is 2.32. The van der Waals surface area contributed by atoms with Crippen LogP contribution >= 0.6 is 23.4 Å². The molecule has 0 spiro atoms. The fourth-order valence-corrected chi connectivity index (χ4v) is 5.96. The number of nitrogens with one attached hydrogen (secondary N) is 1. The standard InChI is InChI=1S/C26H28ClFN2O4S2/c1-19-8-11-22(12-9-19)36(32,33)30(21-10-13-25(34-2)23(27)16-21)17-26(31)29-14-5-15-35-18-20-6-3-4-7-24(20)28/h3-4,6-13,16H,5,14-15,17-18H2,1-2H3,(H,29,31). The number of hydrogen-bond acceptors (Lipinski definition) is 5. The maximum atomic E-state index is 13.7. The molecular weight excluding hydrogens is 523 g/mol. The van der Waals surface area contributed by atoms with Crippen LogP contribution in [0.5, 0.6) is 5.75 Å². The van der Waals surface area contributed by atoms with Crippen molar-refractivity contribution in [3.05, 3.63) is 88.7 Å². The molecule has 1 N–H and O–H groups in total. The number of methoxy groups -OCH3 is 1. The average Bonchev–Trinajstić information content (AvgIpc) is 2.85. The number of thioether (sulfide) groups is 1. The van der Waals surface area contributed by atoms with E-state index in [4.69, 9.17) is 16.3 Å². The highest BCUT2D eigenvalue weighted by molar-refractivity contribution is 7.98. The van der Waals surface area contributed by atoms with Crippen molar-refractivity contribution in [1.82, 2.24) is 5.32 Å². The summed E-state index contributed by atoms with van der Waals surface area (Å²) in [5.41, 5.74) is 1.80. The molecule has 192 valence electrons. The van der Waals surface area contributed by atoms with Gasteiger partial charge in [0.15, 0.2) is 0 Å². The maximum Gasteiger partial charge on any atom is 0.264 e. The van der Waals surface area contributed by atoms with Gasteiger partial charge in [-0.25, -0.2) is 12.8 Å². The van der Waals surface area contributed by atoms with Crippen LogP contribution in [0.15, 0.2) is 71.6 Å². The summed E-state index contributed by atoms with van der Waals surface area (Å²) in [7, 11) is -2.58. The van der Waals surface area contributed by atoms with Crippen LogP contribution in [0.4, 0.5) is 10.1 Å². The second-order valence-electron chi connectivity index (χ2n) is 7.99. The number of ether oxygens (including phenoxy) is 1. The second kappa shape index (κ2) is 13.0. The van der Waals surface area contributed by atoms with Crippen molar-refractivity contribution < 1.29 is 22.3 Å². The molecule has 0 saturated heterocycles. The summed E-state index contributed by atoms with van der Waals surface area (Å²) in [4.78, 5) is 12.8. The van der Waals surface area contributed by atoms with Crippen LogP contribution < -0.4 is 14.4 Å². The molecule has 0 radical (unpaired) electrons. The number of carbonyl (C=O) groups is 1. The molecular formula is C26H28ClFN2O4S2. The Morgan fingerprint density at radius 2 is 1.83 bits per heavy atom. The number of benzene rings is 3. The Balaban J connectivity index is 1.64. The normalized spacial score (nSPS) is 11.2. The number of nitrogens with zero attached hydrogens (tertiary/aromatic N) is 1. The summed E-state index contributed by atoms with van der Waals surface area (Å²) >= 11 is 7.81. The molecule has 3 aromatic carbocycles. The highest BCUT2D eigenvalue weighted by atomic mass is 35.5. The third-order valence-corrected chi connectivity index (χ3v) is 8.50. The third-order valence-electron chi connectivity index (χ3n) is 5.32. The molecule has 3 aromatic rings. The molecule has 36 heavy (non-hydrogen) atoms. The van der Waals surface area contributed by atoms with E-state index in [1.807, 2.05) is 6.92 Å². The first-order chi connectivity index (χ1) is 17.2. The molecule has 10 heteroatoms. The number of rotatable bonds is 12. The van der Waals surface area contributed by atoms with Crippen LogP contribution in [-0.4, -0.2) is 40.3 Å². The Hall–Kier alpha value is -2.75.